The molecule has 2 aromatic carbocycles. The SMILES string of the molecule is COc1ccc(CN2C(=O)C(N3C(=O)c4ccccc4C3=O)C2C2COC(C)(C)O2)c(OC)c1. The lowest BCUT2D eigenvalue weighted by atomic mass is 9.88. The van der Waals surface area contributed by atoms with Crippen LogP contribution >= 0.6 is 0 Å². The number of ether oxygens (including phenoxy) is 4. The summed E-state index contributed by atoms with van der Waals surface area (Å²) in [5.41, 5.74) is 1.37. The average Bonchev–Trinajstić information content (AvgIpc) is 3.31. The maximum absolute atomic E-state index is 13.5. The van der Waals surface area contributed by atoms with Crippen LogP contribution < -0.4 is 9.47 Å². The Labute approximate surface area is 197 Å². The van der Waals surface area contributed by atoms with Crippen LogP contribution in [0.3, 0.4) is 0 Å². The molecule has 5 rings (SSSR count). The molecule has 178 valence electrons. The Morgan fingerprint density at radius 1 is 1.00 bits per heavy atom. The molecule has 3 amide bonds. The zero-order chi connectivity index (χ0) is 24.2. The lowest BCUT2D eigenvalue weighted by molar-refractivity contribution is -0.179. The van der Waals surface area contributed by atoms with E-state index >= 15 is 0 Å². The minimum atomic E-state index is -0.973. The van der Waals surface area contributed by atoms with Crippen LogP contribution in [0.4, 0.5) is 0 Å². The molecule has 0 radical (unpaired) electrons. The number of imide groups is 1. The molecule has 0 saturated carbocycles. The lowest BCUT2D eigenvalue weighted by Gasteiger charge is -2.51. The third-order valence-corrected chi connectivity index (χ3v) is 6.57. The fraction of sp³-hybridized carbons (Fsp3) is 0.400. The first-order valence-electron chi connectivity index (χ1n) is 11.1. The van der Waals surface area contributed by atoms with Crippen LogP contribution in [0.5, 0.6) is 11.5 Å². The van der Waals surface area contributed by atoms with Gasteiger partial charge in [-0.3, -0.25) is 19.3 Å². The molecule has 0 N–H and O–H groups in total. The monoisotopic (exact) mass is 466 g/mol. The number of fused-ring (bicyclic) bond motifs is 1. The van der Waals surface area contributed by atoms with E-state index in [0.29, 0.717) is 22.6 Å². The first kappa shape index (κ1) is 22.4. The Balaban J connectivity index is 1.48. The van der Waals surface area contributed by atoms with Gasteiger partial charge >= 0.3 is 0 Å². The molecule has 3 heterocycles. The molecule has 3 unspecified atom stereocenters. The van der Waals surface area contributed by atoms with Crippen molar-refractivity contribution in [1.82, 2.24) is 9.80 Å². The maximum Gasteiger partial charge on any atom is 0.262 e. The van der Waals surface area contributed by atoms with Gasteiger partial charge in [-0.15, -0.1) is 0 Å². The molecule has 3 aliphatic heterocycles. The first-order valence-corrected chi connectivity index (χ1v) is 11.1. The van der Waals surface area contributed by atoms with E-state index in [1.165, 1.54) is 0 Å². The van der Waals surface area contributed by atoms with Gasteiger partial charge in [0.1, 0.15) is 23.6 Å². The van der Waals surface area contributed by atoms with Crippen molar-refractivity contribution in [3.05, 3.63) is 59.2 Å². The van der Waals surface area contributed by atoms with Crippen molar-refractivity contribution in [2.45, 2.75) is 44.4 Å². The molecule has 2 saturated heterocycles. The fourth-order valence-corrected chi connectivity index (χ4v) is 4.91. The van der Waals surface area contributed by atoms with Crippen LogP contribution in [0.25, 0.3) is 0 Å². The van der Waals surface area contributed by atoms with Gasteiger partial charge in [0, 0.05) is 18.2 Å². The van der Waals surface area contributed by atoms with Gasteiger partial charge in [0.25, 0.3) is 11.8 Å². The summed E-state index contributed by atoms with van der Waals surface area (Å²) >= 11 is 0. The predicted molar refractivity (Wildman–Crippen MR) is 120 cm³/mol. The zero-order valence-electron chi connectivity index (χ0n) is 19.4. The molecule has 9 heteroatoms. The molecule has 34 heavy (non-hydrogen) atoms. The molecule has 0 bridgehead atoms. The highest BCUT2D eigenvalue weighted by molar-refractivity contribution is 6.23. The Morgan fingerprint density at radius 2 is 1.68 bits per heavy atom. The van der Waals surface area contributed by atoms with Crippen molar-refractivity contribution in [1.29, 1.82) is 0 Å². The van der Waals surface area contributed by atoms with Crippen molar-refractivity contribution >= 4 is 17.7 Å². The largest absolute Gasteiger partial charge is 0.497 e. The quantitative estimate of drug-likeness (QED) is 0.476. The molecule has 2 fully saturated rings. The molecule has 0 aliphatic carbocycles. The molecule has 0 spiro atoms. The highest BCUT2D eigenvalue weighted by Crippen LogP contribution is 2.40. The Morgan fingerprint density at radius 3 is 2.24 bits per heavy atom. The summed E-state index contributed by atoms with van der Waals surface area (Å²) in [6.45, 7) is 4.04. The van der Waals surface area contributed by atoms with Gasteiger partial charge in [0.2, 0.25) is 5.91 Å². The summed E-state index contributed by atoms with van der Waals surface area (Å²) in [5.74, 6) is -0.901. The van der Waals surface area contributed by atoms with Gasteiger partial charge in [-0.1, -0.05) is 12.1 Å². The van der Waals surface area contributed by atoms with Crippen molar-refractivity contribution in [3.8, 4) is 11.5 Å². The Bertz CT molecular complexity index is 1140. The van der Waals surface area contributed by atoms with Gasteiger partial charge in [-0.2, -0.15) is 0 Å². The maximum atomic E-state index is 13.5. The van der Waals surface area contributed by atoms with Crippen LogP contribution in [0, 0.1) is 0 Å². The standard InChI is InChI=1S/C25H26N2O7/c1-25(2)33-13-19(34-25)20-21(27-22(28)16-7-5-6-8-17(16)23(27)29)24(30)26(20)12-14-9-10-15(31-3)11-18(14)32-4/h5-11,19-21H,12-13H2,1-4H3. The van der Waals surface area contributed by atoms with E-state index in [0.717, 1.165) is 10.5 Å². The smallest absolute Gasteiger partial charge is 0.262 e. The summed E-state index contributed by atoms with van der Waals surface area (Å²) < 4.78 is 22.6. The highest BCUT2D eigenvalue weighted by atomic mass is 16.7. The predicted octanol–water partition coefficient (Wildman–Crippen LogP) is 2.23. The lowest BCUT2D eigenvalue weighted by Crippen LogP contribution is -2.74. The normalized spacial score (nSPS) is 25.4. The van der Waals surface area contributed by atoms with Crippen LogP contribution in [-0.4, -0.2) is 72.3 Å². The topological polar surface area (TPSA) is 94.6 Å². The zero-order valence-corrected chi connectivity index (χ0v) is 19.4. The summed E-state index contributed by atoms with van der Waals surface area (Å²) in [7, 11) is 3.11. The minimum absolute atomic E-state index is 0.219. The average molecular weight is 466 g/mol. The Hall–Kier alpha value is -3.43. The molecule has 0 aromatic heterocycles. The van der Waals surface area contributed by atoms with Crippen LogP contribution in [0.15, 0.2) is 42.5 Å². The van der Waals surface area contributed by atoms with Crippen LogP contribution in [-0.2, 0) is 20.8 Å². The second-order valence-corrected chi connectivity index (χ2v) is 8.97. The number of hydrogen-bond donors (Lipinski definition) is 0. The molecular weight excluding hydrogens is 440 g/mol. The third-order valence-electron chi connectivity index (χ3n) is 6.57. The molecule has 2 aromatic rings. The van der Waals surface area contributed by atoms with Gasteiger partial charge in [0.15, 0.2) is 5.79 Å². The van der Waals surface area contributed by atoms with E-state index in [1.54, 1.807) is 69.4 Å². The second kappa shape index (κ2) is 8.11. The van der Waals surface area contributed by atoms with E-state index in [2.05, 4.69) is 0 Å². The number of benzene rings is 2. The number of rotatable bonds is 6. The van der Waals surface area contributed by atoms with Crippen molar-refractivity contribution in [3.63, 3.8) is 0 Å². The van der Waals surface area contributed by atoms with Gasteiger partial charge < -0.3 is 23.8 Å². The van der Waals surface area contributed by atoms with Crippen molar-refractivity contribution in [2.24, 2.45) is 0 Å². The molecule has 3 atom stereocenters. The van der Waals surface area contributed by atoms with Crippen LogP contribution in [0.2, 0.25) is 0 Å². The number of amides is 3. The fourth-order valence-electron chi connectivity index (χ4n) is 4.91. The van der Waals surface area contributed by atoms with E-state index < -0.39 is 35.8 Å². The number of likely N-dealkylation sites (tertiary alicyclic amines) is 1. The number of hydrogen-bond acceptors (Lipinski definition) is 7. The number of nitrogens with zero attached hydrogens (tertiary/aromatic N) is 2. The first-order chi connectivity index (χ1) is 16.3. The second-order valence-electron chi connectivity index (χ2n) is 8.97. The summed E-state index contributed by atoms with van der Waals surface area (Å²) in [6.07, 6.45) is -0.508. The van der Waals surface area contributed by atoms with Crippen LogP contribution in [0.1, 0.15) is 40.1 Å². The van der Waals surface area contributed by atoms with E-state index in [4.69, 9.17) is 18.9 Å². The number of methoxy groups -OCH3 is 2. The van der Waals surface area contributed by atoms with E-state index in [1.807, 2.05) is 6.07 Å². The highest BCUT2D eigenvalue weighted by Gasteiger charge is 2.60. The van der Waals surface area contributed by atoms with Gasteiger partial charge in [-0.25, -0.2) is 0 Å². The number of carbonyl (C=O) groups is 3. The molecular formula is C25H26N2O7. The number of carbonyl (C=O) groups excluding carboxylic acids is 3. The molecule has 3 aliphatic rings. The number of β-lactam (4-membered cyclic amide) rings is 1. The summed E-state index contributed by atoms with van der Waals surface area (Å²) in [4.78, 5) is 42.4. The van der Waals surface area contributed by atoms with Crippen molar-refractivity contribution < 1.29 is 33.3 Å². The van der Waals surface area contributed by atoms with Gasteiger partial charge in [-0.05, 0) is 38.1 Å². The summed E-state index contributed by atoms with van der Waals surface area (Å²) in [6, 6.07) is 10.4. The van der Waals surface area contributed by atoms with E-state index in [-0.39, 0.29) is 19.1 Å². The van der Waals surface area contributed by atoms with Crippen molar-refractivity contribution in [2.75, 3.05) is 20.8 Å². The minimum Gasteiger partial charge on any atom is -0.497 e. The van der Waals surface area contributed by atoms with Gasteiger partial charge in [0.05, 0.1) is 38.0 Å². The molecule has 9 nitrogen and oxygen atoms in total. The summed E-state index contributed by atoms with van der Waals surface area (Å²) in [5, 5.41) is 0. The Kier molecular flexibility index (Phi) is 5.33. The van der Waals surface area contributed by atoms with E-state index in [9.17, 15) is 14.4 Å². The third kappa shape index (κ3) is 3.43.